The van der Waals surface area contributed by atoms with E-state index in [1.807, 2.05) is 6.07 Å². The molecule has 29 heavy (non-hydrogen) atoms. The Morgan fingerprint density at radius 1 is 1.21 bits per heavy atom. The predicted molar refractivity (Wildman–Crippen MR) is 107 cm³/mol. The summed E-state index contributed by atoms with van der Waals surface area (Å²) in [6.07, 6.45) is 7.40. The number of rotatable bonds is 2. The van der Waals surface area contributed by atoms with Crippen LogP contribution in [0, 0.1) is 6.92 Å². The molecule has 0 aromatic carbocycles. The van der Waals surface area contributed by atoms with Crippen LogP contribution < -0.4 is 9.46 Å². The van der Waals surface area contributed by atoms with Crippen molar-refractivity contribution in [2.75, 3.05) is 26.0 Å². The van der Waals surface area contributed by atoms with Crippen molar-refractivity contribution in [1.29, 1.82) is 0 Å². The number of sulfonamides is 1. The minimum Gasteiger partial charge on any atom is -0.467 e. The lowest BCUT2D eigenvalue weighted by Crippen LogP contribution is -2.50. The minimum atomic E-state index is -3.37. The molecule has 1 saturated heterocycles. The van der Waals surface area contributed by atoms with E-state index in [1.54, 1.807) is 11.1 Å². The van der Waals surface area contributed by atoms with Crippen molar-refractivity contribution >= 4 is 15.9 Å². The maximum Gasteiger partial charge on any atom is 0.260 e. The van der Waals surface area contributed by atoms with Gasteiger partial charge in [0.2, 0.25) is 15.9 Å². The number of nitrogens with zero attached hydrogens (tertiary/aromatic N) is 2. The molecule has 1 aliphatic carbocycles. The lowest BCUT2D eigenvalue weighted by Gasteiger charge is -2.32. The Morgan fingerprint density at radius 3 is 2.69 bits per heavy atom. The molecule has 1 aromatic heterocycles. The molecule has 3 aliphatic heterocycles. The highest BCUT2D eigenvalue weighted by molar-refractivity contribution is 7.88. The van der Waals surface area contributed by atoms with Crippen molar-refractivity contribution < 1.29 is 22.7 Å². The minimum absolute atomic E-state index is 0.109. The Bertz CT molecular complexity index is 867. The standard InChI is InChI=1S/C20H29N3O5S/c1-13-7-9-21-20-19(13)14-3-5-15(6-4-14)27-11-17-16(22-29(2,25)26)8-10-23(17)18(24)12-28-20/h7,9,14-17,22H,3-6,8,10-12H2,1-2H3/t14?,15?,16?,17-/m0/s1. The quantitative estimate of drug-likeness (QED) is 0.771. The second kappa shape index (κ2) is 8.20. The number of hydrogen-bond donors (Lipinski definition) is 1. The molecule has 1 aromatic rings. The molecule has 1 N–H and O–H groups in total. The van der Waals surface area contributed by atoms with Crippen molar-refractivity contribution in [3.8, 4) is 5.88 Å². The second-order valence-electron chi connectivity index (χ2n) is 8.38. The van der Waals surface area contributed by atoms with Gasteiger partial charge in [0.05, 0.1) is 25.0 Å². The van der Waals surface area contributed by atoms with Crippen LogP contribution in [0.2, 0.25) is 0 Å². The van der Waals surface area contributed by atoms with Gasteiger partial charge < -0.3 is 14.4 Å². The fourth-order valence-electron chi connectivity index (χ4n) is 4.90. The van der Waals surface area contributed by atoms with Crippen molar-refractivity contribution in [1.82, 2.24) is 14.6 Å². The topological polar surface area (TPSA) is 97.8 Å². The van der Waals surface area contributed by atoms with Gasteiger partial charge in [0.1, 0.15) is 0 Å². The first kappa shape index (κ1) is 20.6. The molecule has 8 nitrogen and oxygen atoms in total. The molecule has 2 atom stereocenters. The molecule has 4 heterocycles. The van der Waals surface area contributed by atoms with Crippen LogP contribution in [0.4, 0.5) is 0 Å². The summed E-state index contributed by atoms with van der Waals surface area (Å²) >= 11 is 0. The third kappa shape index (κ3) is 4.57. The van der Waals surface area contributed by atoms with E-state index in [2.05, 4.69) is 16.6 Å². The molecular weight excluding hydrogens is 394 g/mol. The summed E-state index contributed by atoms with van der Waals surface area (Å²) in [6, 6.07) is 1.31. The largest absolute Gasteiger partial charge is 0.467 e. The number of pyridine rings is 1. The fourth-order valence-corrected chi connectivity index (χ4v) is 5.73. The molecule has 0 spiro atoms. The van der Waals surface area contributed by atoms with Gasteiger partial charge in [-0.2, -0.15) is 0 Å². The van der Waals surface area contributed by atoms with Gasteiger partial charge in [-0.05, 0) is 56.6 Å². The average Bonchev–Trinajstić information content (AvgIpc) is 3.05. The first-order chi connectivity index (χ1) is 13.8. The Labute approximate surface area is 172 Å². The van der Waals surface area contributed by atoms with E-state index < -0.39 is 10.0 Å². The molecule has 160 valence electrons. The van der Waals surface area contributed by atoms with Gasteiger partial charge in [0.25, 0.3) is 5.91 Å². The number of aromatic nitrogens is 1. The van der Waals surface area contributed by atoms with Crippen LogP contribution >= 0.6 is 0 Å². The molecule has 2 bridgehead atoms. The van der Waals surface area contributed by atoms with E-state index >= 15 is 0 Å². The first-order valence-electron chi connectivity index (χ1n) is 10.3. The number of carbonyl (C=O) groups excluding carboxylic acids is 1. The SMILES string of the molecule is Cc1ccnc2c1C1CCC(CC1)OC[C@H]1C(NS(C)(=O)=O)CCN1C(=O)CO2. The summed E-state index contributed by atoms with van der Waals surface area (Å²) in [4.78, 5) is 19.0. The van der Waals surface area contributed by atoms with Gasteiger partial charge in [0, 0.05) is 24.3 Å². The second-order valence-corrected chi connectivity index (χ2v) is 10.2. The van der Waals surface area contributed by atoms with E-state index in [-0.39, 0.29) is 30.7 Å². The molecule has 1 unspecified atom stereocenters. The van der Waals surface area contributed by atoms with Gasteiger partial charge >= 0.3 is 0 Å². The van der Waals surface area contributed by atoms with Crippen LogP contribution in [0.25, 0.3) is 0 Å². The number of carbonyl (C=O) groups is 1. The van der Waals surface area contributed by atoms with Crippen LogP contribution in [-0.4, -0.2) is 68.4 Å². The van der Waals surface area contributed by atoms with Gasteiger partial charge in [-0.3, -0.25) is 4.79 Å². The summed E-state index contributed by atoms with van der Waals surface area (Å²) in [7, 11) is -3.37. The number of nitrogens with one attached hydrogen (secondary N) is 1. The first-order valence-corrected chi connectivity index (χ1v) is 12.2. The van der Waals surface area contributed by atoms with Crippen LogP contribution in [0.1, 0.15) is 49.1 Å². The molecule has 9 heteroatoms. The molecule has 5 rings (SSSR count). The zero-order chi connectivity index (χ0) is 20.6. The predicted octanol–water partition coefficient (Wildman–Crippen LogP) is 1.34. The summed E-state index contributed by atoms with van der Waals surface area (Å²) in [6.45, 7) is 2.76. The van der Waals surface area contributed by atoms with Crippen LogP contribution in [0.3, 0.4) is 0 Å². The number of hydrogen-bond acceptors (Lipinski definition) is 6. The van der Waals surface area contributed by atoms with Crippen molar-refractivity contribution in [2.45, 2.75) is 63.1 Å². The third-order valence-corrected chi connectivity index (χ3v) is 7.05. The van der Waals surface area contributed by atoms with Crippen LogP contribution in [0.5, 0.6) is 5.88 Å². The van der Waals surface area contributed by atoms with Gasteiger partial charge in [-0.1, -0.05) is 0 Å². The smallest absolute Gasteiger partial charge is 0.260 e. The van der Waals surface area contributed by atoms with Crippen molar-refractivity contribution in [3.63, 3.8) is 0 Å². The third-order valence-electron chi connectivity index (χ3n) is 6.32. The van der Waals surface area contributed by atoms with Crippen LogP contribution in [-0.2, 0) is 19.6 Å². The number of aryl methyl sites for hydroxylation is 1. The molecule has 4 aliphatic rings. The highest BCUT2D eigenvalue weighted by atomic mass is 32.2. The van der Waals surface area contributed by atoms with Gasteiger partial charge in [-0.25, -0.2) is 18.1 Å². The Morgan fingerprint density at radius 2 is 1.97 bits per heavy atom. The highest BCUT2D eigenvalue weighted by Crippen LogP contribution is 2.39. The maximum atomic E-state index is 12.9. The van der Waals surface area contributed by atoms with Gasteiger partial charge in [0.15, 0.2) is 6.61 Å². The van der Waals surface area contributed by atoms with E-state index in [0.29, 0.717) is 31.4 Å². The average molecular weight is 424 g/mol. The summed E-state index contributed by atoms with van der Waals surface area (Å²) in [5.74, 6) is 0.731. The monoisotopic (exact) mass is 423 g/mol. The van der Waals surface area contributed by atoms with Crippen molar-refractivity contribution in [2.24, 2.45) is 0 Å². The highest BCUT2D eigenvalue weighted by Gasteiger charge is 2.40. The molecular formula is C20H29N3O5S. The summed E-state index contributed by atoms with van der Waals surface area (Å²) < 4.78 is 38.3. The zero-order valence-corrected chi connectivity index (χ0v) is 17.8. The zero-order valence-electron chi connectivity index (χ0n) is 17.0. The number of fused-ring (bicyclic) bond motifs is 5. The van der Waals surface area contributed by atoms with E-state index in [0.717, 1.165) is 43.1 Å². The maximum absolute atomic E-state index is 12.9. The normalized spacial score (nSPS) is 30.6. The van der Waals surface area contributed by atoms with E-state index in [1.165, 1.54) is 0 Å². The summed E-state index contributed by atoms with van der Waals surface area (Å²) in [5.41, 5.74) is 2.24. The number of amides is 1. The molecule has 1 amide bonds. The number of ether oxygens (including phenoxy) is 2. The lowest BCUT2D eigenvalue weighted by molar-refractivity contribution is -0.136. The van der Waals surface area contributed by atoms with E-state index in [9.17, 15) is 13.2 Å². The van der Waals surface area contributed by atoms with Gasteiger partial charge in [-0.15, -0.1) is 0 Å². The molecule has 2 fully saturated rings. The Hall–Kier alpha value is -1.71. The van der Waals surface area contributed by atoms with Crippen molar-refractivity contribution in [3.05, 3.63) is 23.4 Å². The molecule has 1 saturated carbocycles. The Kier molecular flexibility index (Phi) is 5.81. The Balaban J connectivity index is 1.61. The summed E-state index contributed by atoms with van der Waals surface area (Å²) in [5, 5.41) is 0. The lowest BCUT2D eigenvalue weighted by atomic mass is 9.81. The fraction of sp³-hybridized carbons (Fsp3) is 0.700. The molecule has 0 radical (unpaired) electrons. The van der Waals surface area contributed by atoms with Crippen LogP contribution in [0.15, 0.2) is 12.3 Å². The van der Waals surface area contributed by atoms with E-state index in [4.69, 9.17) is 9.47 Å².